The van der Waals surface area contributed by atoms with E-state index in [2.05, 4.69) is 4.90 Å². The van der Waals surface area contributed by atoms with Gasteiger partial charge in [-0.25, -0.2) is 4.79 Å². The van der Waals surface area contributed by atoms with Crippen molar-refractivity contribution in [2.24, 2.45) is 5.41 Å². The summed E-state index contributed by atoms with van der Waals surface area (Å²) in [7, 11) is 3.19. The standard InChI is InChI=1S/C18H25NO5/c1-23-14-4-3-12(9-13(14)17(21)22)11-19-7-5-18(6-8-19)15(20)10-16(18)24-2/h3-4,9,15-16,20H,5-8,10-11H2,1-2H3,(H,21,22)/t15-,16+/m1/s1. The van der Waals surface area contributed by atoms with Crippen LogP contribution >= 0.6 is 0 Å². The minimum Gasteiger partial charge on any atom is -0.496 e. The molecule has 0 unspecified atom stereocenters. The van der Waals surface area contributed by atoms with E-state index >= 15 is 0 Å². The molecule has 24 heavy (non-hydrogen) atoms. The zero-order chi connectivity index (χ0) is 17.3. The van der Waals surface area contributed by atoms with Crippen molar-refractivity contribution >= 4 is 5.97 Å². The number of piperidine rings is 1. The monoisotopic (exact) mass is 335 g/mol. The van der Waals surface area contributed by atoms with E-state index in [-0.39, 0.29) is 23.2 Å². The lowest BCUT2D eigenvalue weighted by Gasteiger charge is -2.56. The molecule has 2 fully saturated rings. The van der Waals surface area contributed by atoms with Crippen molar-refractivity contribution in [3.05, 3.63) is 29.3 Å². The Morgan fingerprint density at radius 3 is 2.58 bits per heavy atom. The zero-order valence-corrected chi connectivity index (χ0v) is 14.2. The average Bonchev–Trinajstić information content (AvgIpc) is 2.60. The zero-order valence-electron chi connectivity index (χ0n) is 14.2. The van der Waals surface area contributed by atoms with Gasteiger partial charge in [0.15, 0.2) is 0 Å². The SMILES string of the molecule is COc1ccc(CN2CCC3(CC2)[C@H](O)C[C@@H]3OC)cc1C(=O)O. The largest absolute Gasteiger partial charge is 0.496 e. The molecular weight excluding hydrogens is 310 g/mol. The number of rotatable bonds is 5. The summed E-state index contributed by atoms with van der Waals surface area (Å²) in [5.74, 6) is -0.601. The maximum atomic E-state index is 11.3. The number of ether oxygens (including phenoxy) is 2. The van der Waals surface area contributed by atoms with Crippen LogP contribution in [-0.2, 0) is 11.3 Å². The number of aromatic carboxylic acids is 1. The van der Waals surface area contributed by atoms with Crippen LogP contribution in [0.15, 0.2) is 18.2 Å². The number of carbonyl (C=O) groups is 1. The first-order valence-corrected chi connectivity index (χ1v) is 8.33. The molecule has 1 aromatic carbocycles. The predicted molar refractivity (Wildman–Crippen MR) is 88.3 cm³/mol. The maximum absolute atomic E-state index is 11.3. The quantitative estimate of drug-likeness (QED) is 0.853. The third-order valence-electron chi connectivity index (χ3n) is 5.71. The van der Waals surface area contributed by atoms with E-state index in [1.165, 1.54) is 7.11 Å². The van der Waals surface area contributed by atoms with Crippen LogP contribution in [0.1, 0.15) is 35.2 Å². The lowest BCUT2D eigenvalue weighted by atomic mass is 9.58. The van der Waals surface area contributed by atoms with Gasteiger partial charge < -0.3 is 19.7 Å². The summed E-state index contributed by atoms with van der Waals surface area (Å²) in [6.45, 7) is 2.46. The van der Waals surface area contributed by atoms with Gasteiger partial charge in [-0.15, -0.1) is 0 Å². The Hall–Kier alpha value is -1.63. The number of aliphatic hydroxyl groups is 1. The molecule has 1 aliphatic heterocycles. The summed E-state index contributed by atoms with van der Waals surface area (Å²) >= 11 is 0. The Bertz CT molecular complexity index is 609. The molecule has 0 amide bonds. The van der Waals surface area contributed by atoms with Crippen LogP contribution in [0, 0.1) is 5.41 Å². The topological polar surface area (TPSA) is 79.2 Å². The molecule has 3 rings (SSSR count). The summed E-state index contributed by atoms with van der Waals surface area (Å²) < 4.78 is 10.6. The van der Waals surface area contributed by atoms with E-state index in [0.29, 0.717) is 12.3 Å². The van der Waals surface area contributed by atoms with E-state index in [1.54, 1.807) is 19.2 Å². The molecule has 1 aliphatic carbocycles. The Kier molecular flexibility index (Phi) is 4.80. The third-order valence-corrected chi connectivity index (χ3v) is 5.71. The van der Waals surface area contributed by atoms with Crippen LogP contribution in [-0.4, -0.2) is 60.6 Å². The van der Waals surface area contributed by atoms with Gasteiger partial charge in [0.25, 0.3) is 0 Å². The summed E-state index contributed by atoms with van der Waals surface area (Å²) in [4.78, 5) is 13.6. The maximum Gasteiger partial charge on any atom is 0.339 e. The molecule has 1 saturated heterocycles. The molecule has 2 aliphatic rings. The fraction of sp³-hybridized carbons (Fsp3) is 0.611. The van der Waals surface area contributed by atoms with Gasteiger partial charge in [0.2, 0.25) is 0 Å². The van der Waals surface area contributed by atoms with Gasteiger partial charge in [-0.3, -0.25) is 4.90 Å². The van der Waals surface area contributed by atoms with Gasteiger partial charge in [0, 0.05) is 25.5 Å². The second-order valence-corrected chi connectivity index (χ2v) is 6.82. The van der Waals surface area contributed by atoms with Crippen LogP contribution in [0.4, 0.5) is 0 Å². The number of methoxy groups -OCH3 is 2. The highest BCUT2D eigenvalue weighted by Gasteiger charge is 2.55. The second kappa shape index (κ2) is 6.70. The molecule has 132 valence electrons. The first-order chi connectivity index (χ1) is 11.5. The van der Waals surface area contributed by atoms with E-state index in [0.717, 1.165) is 37.9 Å². The van der Waals surface area contributed by atoms with Crippen molar-refractivity contribution < 1.29 is 24.5 Å². The lowest BCUT2D eigenvalue weighted by molar-refractivity contribution is -0.201. The molecule has 0 aromatic heterocycles. The number of benzene rings is 1. The highest BCUT2D eigenvalue weighted by molar-refractivity contribution is 5.91. The smallest absolute Gasteiger partial charge is 0.339 e. The van der Waals surface area contributed by atoms with Crippen LogP contribution in [0.3, 0.4) is 0 Å². The summed E-state index contributed by atoms with van der Waals surface area (Å²) in [5.41, 5.74) is 1.07. The predicted octanol–water partition coefficient (Wildman–Crippen LogP) is 1.76. The average molecular weight is 335 g/mol. The van der Waals surface area contributed by atoms with Crippen LogP contribution in [0.5, 0.6) is 5.75 Å². The Morgan fingerprint density at radius 1 is 1.33 bits per heavy atom. The minimum absolute atomic E-state index is 0.0859. The van der Waals surface area contributed by atoms with Crippen molar-refractivity contribution in [2.45, 2.75) is 38.0 Å². The van der Waals surface area contributed by atoms with Gasteiger partial charge in [0.05, 0.1) is 19.3 Å². The molecule has 2 N–H and O–H groups in total. The molecular formula is C18H25NO5. The van der Waals surface area contributed by atoms with E-state index < -0.39 is 5.97 Å². The number of carboxylic acid groups (broad SMARTS) is 1. The van der Waals surface area contributed by atoms with E-state index in [1.807, 2.05) is 6.07 Å². The normalized spacial score (nSPS) is 26.1. The highest BCUT2D eigenvalue weighted by atomic mass is 16.5. The number of likely N-dealkylation sites (tertiary alicyclic amines) is 1. The number of carboxylic acids is 1. The van der Waals surface area contributed by atoms with Gasteiger partial charge in [-0.2, -0.15) is 0 Å². The molecule has 1 saturated carbocycles. The van der Waals surface area contributed by atoms with Crippen molar-refractivity contribution in [3.8, 4) is 5.75 Å². The van der Waals surface area contributed by atoms with Crippen LogP contribution in [0.2, 0.25) is 0 Å². The fourth-order valence-corrected chi connectivity index (χ4v) is 4.12. The van der Waals surface area contributed by atoms with Gasteiger partial charge >= 0.3 is 5.97 Å². The fourth-order valence-electron chi connectivity index (χ4n) is 4.12. The van der Waals surface area contributed by atoms with Crippen LogP contribution < -0.4 is 4.74 Å². The van der Waals surface area contributed by atoms with Crippen molar-refractivity contribution in [2.75, 3.05) is 27.3 Å². The summed E-state index contributed by atoms with van der Waals surface area (Å²) in [6.07, 6.45) is 2.46. The molecule has 2 atom stereocenters. The van der Waals surface area contributed by atoms with Gasteiger partial charge in [0.1, 0.15) is 11.3 Å². The lowest BCUT2D eigenvalue weighted by Crippen LogP contribution is -2.61. The van der Waals surface area contributed by atoms with Crippen molar-refractivity contribution in [1.29, 1.82) is 0 Å². The second-order valence-electron chi connectivity index (χ2n) is 6.82. The third kappa shape index (κ3) is 2.90. The van der Waals surface area contributed by atoms with Gasteiger partial charge in [-0.1, -0.05) is 6.07 Å². The Morgan fingerprint density at radius 2 is 2.04 bits per heavy atom. The number of hydrogen-bond acceptors (Lipinski definition) is 5. The summed E-state index contributed by atoms with van der Waals surface area (Å²) in [6, 6.07) is 5.30. The molecule has 6 nitrogen and oxygen atoms in total. The van der Waals surface area contributed by atoms with Gasteiger partial charge in [-0.05, 0) is 43.6 Å². The minimum atomic E-state index is -0.980. The number of hydrogen-bond donors (Lipinski definition) is 2. The molecule has 1 heterocycles. The first kappa shape index (κ1) is 17.2. The highest BCUT2D eigenvalue weighted by Crippen LogP contribution is 2.50. The van der Waals surface area contributed by atoms with E-state index in [9.17, 15) is 15.0 Å². The molecule has 0 bridgehead atoms. The van der Waals surface area contributed by atoms with Crippen molar-refractivity contribution in [1.82, 2.24) is 4.90 Å². The molecule has 0 radical (unpaired) electrons. The number of aliphatic hydroxyl groups excluding tert-OH is 1. The Balaban J connectivity index is 1.64. The van der Waals surface area contributed by atoms with E-state index in [4.69, 9.17) is 9.47 Å². The summed E-state index contributed by atoms with van der Waals surface area (Å²) in [5, 5.41) is 19.5. The van der Waals surface area contributed by atoms with Crippen molar-refractivity contribution in [3.63, 3.8) is 0 Å². The number of nitrogens with zero attached hydrogens (tertiary/aromatic N) is 1. The van der Waals surface area contributed by atoms with Crippen LogP contribution in [0.25, 0.3) is 0 Å². The molecule has 1 spiro atoms. The molecule has 1 aromatic rings. The Labute approximate surface area is 142 Å². The molecule has 6 heteroatoms. The first-order valence-electron chi connectivity index (χ1n) is 8.33.